The van der Waals surface area contributed by atoms with Gasteiger partial charge in [0.05, 0.1) is 12.0 Å². The van der Waals surface area contributed by atoms with Crippen molar-refractivity contribution in [3.63, 3.8) is 0 Å². The molecule has 4 aromatic rings. The van der Waals surface area contributed by atoms with E-state index in [1.165, 1.54) is 11.3 Å². The van der Waals surface area contributed by atoms with E-state index in [0.29, 0.717) is 40.8 Å². The van der Waals surface area contributed by atoms with E-state index in [1.807, 2.05) is 60.0 Å². The van der Waals surface area contributed by atoms with E-state index in [1.54, 1.807) is 49.4 Å². The fourth-order valence-corrected chi connectivity index (χ4v) is 4.18. The van der Waals surface area contributed by atoms with Crippen LogP contribution in [0.4, 0.5) is 5.69 Å². The molecule has 178 valence electrons. The molecule has 0 radical (unpaired) electrons. The van der Waals surface area contributed by atoms with E-state index in [4.69, 9.17) is 9.47 Å². The van der Waals surface area contributed by atoms with E-state index in [0.717, 1.165) is 11.1 Å². The molecule has 0 saturated heterocycles. The van der Waals surface area contributed by atoms with Gasteiger partial charge in [0, 0.05) is 24.8 Å². The Balaban J connectivity index is 1.40. The largest absolute Gasteiger partial charge is 0.493 e. The van der Waals surface area contributed by atoms with Gasteiger partial charge in [-0.15, -0.1) is 11.3 Å². The fourth-order valence-electron chi connectivity index (χ4n) is 3.56. The average molecular weight is 487 g/mol. The lowest BCUT2D eigenvalue weighted by atomic mass is 10.1. The first-order valence-electron chi connectivity index (χ1n) is 11.1. The molecular formula is C28H26N2O4S. The van der Waals surface area contributed by atoms with Crippen molar-refractivity contribution in [2.75, 3.05) is 19.5 Å². The average Bonchev–Trinajstić information content (AvgIpc) is 3.43. The number of benzene rings is 3. The molecule has 1 aromatic heterocycles. The Labute approximate surface area is 208 Å². The third-order valence-electron chi connectivity index (χ3n) is 5.34. The Morgan fingerprint density at radius 1 is 0.886 bits per heavy atom. The third-order valence-corrected chi connectivity index (χ3v) is 6.21. The molecular weight excluding hydrogens is 460 g/mol. The third kappa shape index (κ3) is 6.28. The number of anilines is 1. The predicted molar refractivity (Wildman–Crippen MR) is 138 cm³/mol. The van der Waals surface area contributed by atoms with Crippen LogP contribution in [0.2, 0.25) is 0 Å². The lowest BCUT2D eigenvalue weighted by Gasteiger charge is -2.19. The van der Waals surface area contributed by atoms with Crippen molar-refractivity contribution in [3.8, 4) is 11.5 Å². The number of carbonyl (C=O) groups is 2. The van der Waals surface area contributed by atoms with Gasteiger partial charge in [0.1, 0.15) is 6.61 Å². The molecule has 0 aliphatic carbocycles. The molecule has 0 bridgehead atoms. The van der Waals surface area contributed by atoms with Gasteiger partial charge in [-0.05, 0) is 52.9 Å². The number of carbonyl (C=O) groups excluding carboxylic acids is 2. The number of rotatable bonds is 9. The molecule has 0 fully saturated rings. The van der Waals surface area contributed by atoms with Crippen molar-refractivity contribution in [1.82, 2.24) is 4.90 Å². The summed E-state index contributed by atoms with van der Waals surface area (Å²) in [6.07, 6.45) is 0. The van der Waals surface area contributed by atoms with Crippen molar-refractivity contribution < 1.29 is 19.1 Å². The maximum absolute atomic E-state index is 13.1. The van der Waals surface area contributed by atoms with Crippen LogP contribution < -0.4 is 14.8 Å². The molecule has 0 unspecified atom stereocenters. The zero-order valence-electron chi connectivity index (χ0n) is 19.6. The van der Waals surface area contributed by atoms with Crippen molar-refractivity contribution >= 4 is 28.8 Å². The van der Waals surface area contributed by atoms with E-state index in [9.17, 15) is 9.59 Å². The van der Waals surface area contributed by atoms with Gasteiger partial charge in [0.15, 0.2) is 11.5 Å². The fraction of sp³-hybridized carbons (Fsp3) is 0.143. The van der Waals surface area contributed by atoms with Crippen LogP contribution in [0.3, 0.4) is 0 Å². The van der Waals surface area contributed by atoms with Gasteiger partial charge in [-0.25, -0.2) is 0 Å². The second-order valence-corrected chi connectivity index (χ2v) is 8.88. The molecule has 0 aliphatic heterocycles. The molecule has 4 rings (SSSR count). The molecule has 0 spiro atoms. The minimum Gasteiger partial charge on any atom is -0.493 e. The molecule has 0 atom stereocenters. The van der Waals surface area contributed by atoms with Crippen molar-refractivity contribution in [2.24, 2.45) is 0 Å². The quantitative estimate of drug-likeness (QED) is 0.322. The second kappa shape index (κ2) is 11.4. The number of amides is 2. The number of methoxy groups -OCH3 is 1. The summed E-state index contributed by atoms with van der Waals surface area (Å²) >= 11 is 1.37. The van der Waals surface area contributed by atoms with Crippen LogP contribution >= 0.6 is 11.3 Å². The van der Waals surface area contributed by atoms with Gasteiger partial charge in [-0.1, -0.05) is 48.5 Å². The number of thiophene rings is 1. The van der Waals surface area contributed by atoms with E-state index in [2.05, 4.69) is 5.32 Å². The molecule has 1 N–H and O–H groups in total. The van der Waals surface area contributed by atoms with Gasteiger partial charge in [-0.2, -0.15) is 0 Å². The second-order valence-electron chi connectivity index (χ2n) is 7.93. The predicted octanol–water partition coefficient (Wildman–Crippen LogP) is 5.86. The van der Waals surface area contributed by atoms with Crippen LogP contribution in [0.25, 0.3) is 0 Å². The summed E-state index contributed by atoms with van der Waals surface area (Å²) in [6.45, 7) is 0.828. The van der Waals surface area contributed by atoms with Gasteiger partial charge in [-0.3, -0.25) is 9.59 Å². The maximum Gasteiger partial charge on any atom is 0.265 e. The molecule has 3 aromatic carbocycles. The highest BCUT2D eigenvalue weighted by Crippen LogP contribution is 2.29. The summed E-state index contributed by atoms with van der Waals surface area (Å²) in [5.74, 6) is 0.904. The number of ether oxygens (including phenoxy) is 2. The Hall–Kier alpha value is -4.10. The highest BCUT2D eigenvalue weighted by Gasteiger charge is 2.15. The van der Waals surface area contributed by atoms with E-state index in [-0.39, 0.29) is 11.8 Å². The van der Waals surface area contributed by atoms with Crippen molar-refractivity contribution in [1.29, 1.82) is 0 Å². The molecule has 0 aliphatic rings. The lowest BCUT2D eigenvalue weighted by molar-refractivity contribution is 0.0784. The van der Waals surface area contributed by atoms with Gasteiger partial charge in [0.2, 0.25) is 0 Å². The summed E-state index contributed by atoms with van der Waals surface area (Å²) in [5.41, 5.74) is 3.04. The highest BCUT2D eigenvalue weighted by molar-refractivity contribution is 7.12. The standard InChI is InChI=1S/C28H26N2O4S/c1-30(28(32)22-10-6-11-23(17-22)29-27(31)26-12-7-15-35-26)18-21-13-14-24(25(16-21)33-2)34-19-20-8-4-3-5-9-20/h3-17H,18-19H2,1-2H3,(H,29,31). The van der Waals surface area contributed by atoms with Gasteiger partial charge < -0.3 is 19.7 Å². The highest BCUT2D eigenvalue weighted by atomic mass is 32.1. The maximum atomic E-state index is 13.1. The molecule has 1 heterocycles. The first-order valence-corrected chi connectivity index (χ1v) is 12.0. The minimum absolute atomic E-state index is 0.152. The molecule has 0 saturated carbocycles. The van der Waals surface area contributed by atoms with E-state index < -0.39 is 0 Å². The normalized spacial score (nSPS) is 10.5. The summed E-state index contributed by atoms with van der Waals surface area (Å²) in [6, 6.07) is 26.1. The minimum atomic E-state index is -0.195. The lowest BCUT2D eigenvalue weighted by Crippen LogP contribution is -2.26. The van der Waals surface area contributed by atoms with Crippen LogP contribution in [0.15, 0.2) is 90.3 Å². The van der Waals surface area contributed by atoms with Gasteiger partial charge >= 0.3 is 0 Å². The molecule has 35 heavy (non-hydrogen) atoms. The summed E-state index contributed by atoms with van der Waals surface area (Å²) in [7, 11) is 3.34. The molecule has 7 heteroatoms. The van der Waals surface area contributed by atoms with Crippen molar-refractivity contribution in [2.45, 2.75) is 13.2 Å². The topological polar surface area (TPSA) is 67.9 Å². The van der Waals surface area contributed by atoms with Gasteiger partial charge in [0.25, 0.3) is 11.8 Å². The van der Waals surface area contributed by atoms with Crippen LogP contribution in [-0.2, 0) is 13.2 Å². The van der Waals surface area contributed by atoms with Crippen LogP contribution in [0.5, 0.6) is 11.5 Å². The van der Waals surface area contributed by atoms with Crippen LogP contribution in [-0.4, -0.2) is 30.9 Å². The smallest absolute Gasteiger partial charge is 0.265 e. The zero-order valence-corrected chi connectivity index (χ0v) is 20.4. The summed E-state index contributed by atoms with van der Waals surface area (Å²) in [5, 5.41) is 4.69. The van der Waals surface area contributed by atoms with Crippen LogP contribution in [0, 0.1) is 0 Å². The Bertz CT molecular complexity index is 1290. The molecule has 2 amide bonds. The molecule has 6 nitrogen and oxygen atoms in total. The first-order chi connectivity index (χ1) is 17.0. The summed E-state index contributed by atoms with van der Waals surface area (Å²) in [4.78, 5) is 27.6. The Kier molecular flexibility index (Phi) is 7.80. The summed E-state index contributed by atoms with van der Waals surface area (Å²) < 4.78 is 11.4. The monoisotopic (exact) mass is 486 g/mol. The first kappa shape index (κ1) is 24.0. The SMILES string of the molecule is COc1cc(CN(C)C(=O)c2cccc(NC(=O)c3cccs3)c2)ccc1OCc1ccccc1. The number of hydrogen-bond donors (Lipinski definition) is 1. The number of nitrogens with zero attached hydrogens (tertiary/aromatic N) is 1. The van der Waals surface area contributed by atoms with Crippen molar-refractivity contribution in [3.05, 3.63) is 112 Å². The van der Waals surface area contributed by atoms with Crippen LogP contribution in [0.1, 0.15) is 31.2 Å². The number of hydrogen-bond acceptors (Lipinski definition) is 5. The van der Waals surface area contributed by atoms with E-state index >= 15 is 0 Å². The zero-order chi connectivity index (χ0) is 24.6. The number of nitrogens with one attached hydrogen (secondary N) is 1. The Morgan fingerprint density at radius 2 is 1.71 bits per heavy atom. The Morgan fingerprint density at radius 3 is 2.46 bits per heavy atom.